The van der Waals surface area contributed by atoms with E-state index in [9.17, 15) is 9.36 Å². The van der Waals surface area contributed by atoms with Gasteiger partial charge in [-0.05, 0) is 50.0 Å². The van der Waals surface area contributed by atoms with Gasteiger partial charge in [-0.15, -0.1) is 0 Å². The Balaban J connectivity index is 2.48. The summed E-state index contributed by atoms with van der Waals surface area (Å²) in [5.41, 5.74) is 2.33. The zero-order valence-corrected chi connectivity index (χ0v) is 18.9. The van der Waals surface area contributed by atoms with Gasteiger partial charge in [0.05, 0.1) is 19.3 Å². The molecular weight excluding hydrogens is 397 g/mol. The predicted octanol–water partition coefficient (Wildman–Crippen LogP) is 6.50. The normalized spacial score (nSPS) is 13.1. The van der Waals surface area contributed by atoms with Crippen molar-refractivity contribution >= 4 is 13.5 Å². The Morgan fingerprint density at radius 3 is 2.07 bits per heavy atom. The van der Waals surface area contributed by atoms with Gasteiger partial charge in [0, 0.05) is 11.4 Å². The van der Waals surface area contributed by atoms with E-state index in [0.29, 0.717) is 12.0 Å². The Morgan fingerprint density at radius 1 is 0.967 bits per heavy atom. The van der Waals surface area contributed by atoms with Crippen molar-refractivity contribution < 1.29 is 18.4 Å². The molecular formula is C24H32NO4P. The number of nitrogens with one attached hydrogen (secondary N) is 1. The van der Waals surface area contributed by atoms with Crippen LogP contribution in [0.15, 0.2) is 72.1 Å². The molecule has 0 heterocycles. The number of benzene rings is 2. The third-order valence-electron chi connectivity index (χ3n) is 4.58. The van der Waals surface area contributed by atoms with Crippen LogP contribution in [0.2, 0.25) is 0 Å². The molecule has 1 N–H and O–H groups in total. The lowest BCUT2D eigenvalue weighted by Gasteiger charge is -2.24. The van der Waals surface area contributed by atoms with Gasteiger partial charge in [0.1, 0.15) is 0 Å². The van der Waals surface area contributed by atoms with Crippen LogP contribution in [0.3, 0.4) is 0 Å². The van der Waals surface area contributed by atoms with Gasteiger partial charge >= 0.3 is 7.60 Å². The van der Waals surface area contributed by atoms with Crippen LogP contribution < -0.4 is 5.32 Å². The van der Waals surface area contributed by atoms with E-state index in [1.807, 2.05) is 48.5 Å². The van der Waals surface area contributed by atoms with Crippen LogP contribution in [-0.2, 0) is 13.6 Å². The van der Waals surface area contributed by atoms with E-state index in [1.165, 1.54) is 0 Å². The number of unbranched alkanes of at least 4 members (excludes halogenated alkanes) is 1. The van der Waals surface area contributed by atoms with Gasteiger partial charge in [0.2, 0.25) is 0 Å². The summed E-state index contributed by atoms with van der Waals surface area (Å²) in [6, 6.07) is 18.4. The first-order valence-electron chi connectivity index (χ1n) is 10.5. The minimum atomic E-state index is -3.42. The molecule has 2 rings (SSSR count). The SMILES string of the molecule is CCCC/C(=C\P(=O)(OCC)OCC)C(NC(=O)c1ccccc1)c1ccccc1. The summed E-state index contributed by atoms with van der Waals surface area (Å²) in [5.74, 6) is 1.42. The second kappa shape index (κ2) is 12.5. The largest absolute Gasteiger partial charge is 0.354 e. The lowest BCUT2D eigenvalue weighted by Crippen LogP contribution is -2.30. The van der Waals surface area contributed by atoms with Gasteiger partial charge in [-0.2, -0.15) is 0 Å². The maximum atomic E-state index is 13.2. The van der Waals surface area contributed by atoms with E-state index in [1.54, 1.807) is 31.8 Å². The Labute approximate surface area is 180 Å². The number of carbonyl (C=O) groups is 1. The highest BCUT2D eigenvalue weighted by molar-refractivity contribution is 7.57. The molecule has 1 atom stereocenters. The van der Waals surface area contributed by atoms with Crippen LogP contribution in [0.25, 0.3) is 0 Å². The van der Waals surface area contributed by atoms with Crippen LogP contribution in [-0.4, -0.2) is 19.1 Å². The molecule has 2 aromatic carbocycles. The van der Waals surface area contributed by atoms with E-state index >= 15 is 0 Å². The fraction of sp³-hybridized carbons (Fsp3) is 0.375. The van der Waals surface area contributed by atoms with Crippen molar-refractivity contribution in [2.75, 3.05) is 13.2 Å². The van der Waals surface area contributed by atoms with E-state index in [2.05, 4.69) is 12.2 Å². The van der Waals surface area contributed by atoms with E-state index in [-0.39, 0.29) is 19.1 Å². The van der Waals surface area contributed by atoms with Gasteiger partial charge in [-0.1, -0.05) is 61.9 Å². The fourth-order valence-corrected chi connectivity index (χ4v) is 4.81. The second-order valence-corrected chi connectivity index (χ2v) is 8.72. The summed E-state index contributed by atoms with van der Waals surface area (Å²) >= 11 is 0. The van der Waals surface area contributed by atoms with Crippen molar-refractivity contribution in [3.05, 3.63) is 83.2 Å². The highest BCUT2D eigenvalue weighted by Gasteiger charge is 2.26. The molecule has 1 unspecified atom stereocenters. The molecule has 0 aliphatic heterocycles. The molecule has 0 spiro atoms. The number of carbonyl (C=O) groups excluding carboxylic acids is 1. The second-order valence-electron chi connectivity index (χ2n) is 6.87. The molecule has 0 saturated heterocycles. The average molecular weight is 429 g/mol. The molecule has 162 valence electrons. The smallest absolute Gasteiger partial charge is 0.341 e. The molecule has 2 aromatic rings. The maximum Gasteiger partial charge on any atom is 0.354 e. The minimum Gasteiger partial charge on any atom is -0.341 e. The highest BCUT2D eigenvalue weighted by Crippen LogP contribution is 2.52. The molecule has 5 nitrogen and oxygen atoms in total. The molecule has 0 fully saturated rings. The van der Waals surface area contributed by atoms with Crippen molar-refractivity contribution in [1.82, 2.24) is 5.32 Å². The van der Waals surface area contributed by atoms with Gasteiger partial charge < -0.3 is 14.4 Å². The zero-order chi connectivity index (χ0) is 21.8. The molecule has 0 aliphatic carbocycles. The Morgan fingerprint density at radius 2 is 1.53 bits per heavy atom. The summed E-state index contributed by atoms with van der Waals surface area (Å²) in [6.45, 7) is 6.24. The van der Waals surface area contributed by atoms with E-state index < -0.39 is 13.6 Å². The zero-order valence-electron chi connectivity index (χ0n) is 18.0. The first kappa shape index (κ1) is 24.1. The summed E-state index contributed by atoms with van der Waals surface area (Å²) < 4.78 is 24.2. The van der Waals surface area contributed by atoms with Gasteiger partial charge in [0.25, 0.3) is 5.91 Å². The Kier molecular flexibility index (Phi) is 10.0. The summed E-state index contributed by atoms with van der Waals surface area (Å²) in [7, 11) is -3.42. The molecule has 0 radical (unpaired) electrons. The number of hydrogen-bond donors (Lipinski definition) is 1. The standard InChI is InChI=1S/C24H32NO4P/c1-4-7-14-22(19-30(27,28-5-2)29-6-3)23(20-15-10-8-11-16-20)25-24(26)21-17-12-9-13-18-21/h8-13,15-19,23H,4-7,14H2,1-3H3,(H,25,26)/b22-19+. The van der Waals surface area contributed by atoms with Crippen LogP contribution in [0.1, 0.15) is 62.0 Å². The van der Waals surface area contributed by atoms with Crippen molar-refractivity contribution in [1.29, 1.82) is 0 Å². The minimum absolute atomic E-state index is 0.186. The highest BCUT2D eigenvalue weighted by atomic mass is 31.2. The molecule has 30 heavy (non-hydrogen) atoms. The lowest BCUT2D eigenvalue weighted by molar-refractivity contribution is 0.0941. The molecule has 0 aromatic heterocycles. The Bertz CT molecular complexity index is 842. The topological polar surface area (TPSA) is 64.6 Å². The summed E-state index contributed by atoms with van der Waals surface area (Å²) in [4.78, 5) is 13.0. The van der Waals surface area contributed by atoms with Gasteiger partial charge in [0.15, 0.2) is 0 Å². The third kappa shape index (κ3) is 7.24. The molecule has 0 bridgehead atoms. The quantitative estimate of drug-likeness (QED) is 0.391. The van der Waals surface area contributed by atoms with E-state index in [0.717, 1.165) is 24.0 Å². The summed E-state index contributed by atoms with van der Waals surface area (Å²) in [5, 5.41) is 3.13. The van der Waals surface area contributed by atoms with E-state index in [4.69, 9.17) is 9.05 Å². The van der Waals surface area contributed by atoms with Gasteiger partial charge in [-0.3, -0.25) is 9.36 Å². The first-order chi connectivity index (χ1) is 14.5. The third-order valence-corrected chi connectivity index (χ3v) is 6.46. The lowest BCUT2D eigenvalue weighted by atomic mass is 9.95. The number of amides is 1. The van der Waals surface area contributed by atoms with Crippen LogP contribution in [0.5, 0.6) is 0 Å². The number of hydrogen-bond acceptors (Lipinski definition) is 4. The summed E-state index contributed by atoms with van der Waals surface area (Å²) in [6.07, 6.45) is 2.54. The van der Waals surface area contributed by atoms with Crippen molar-refractivity contribution in [3.63, 3.8) is 0 Å². The first-order valence-corrected chi connectivity index (χ1v) is 12.2. The van der Waals surface area contributed by atoms with Gasteiger partial charge in [-0.25, -0.2) is 0 Å². The monoisotopic (exact) mass is 429 g/mol. The average Bonchev–Trinajstić information content (AvgIpc) is 2.76. The Hall–Kier alpha value is -2.20. The van der Waals surface area contributed by atoms with Crippen LogP contribution in [0.4, 0.5) is 0 Å². The van der Waals surface area contributed by atoms with Crippen molar-refractivity contribution in [2.24, 2.45) is 0 Å². The maximum absolute atomic E-state index is 13.2. The predicted molar refractivity (Wildman–Crippen MR) is 122 cm³/mol. The fourth-order valence-electron chi connectivity index (χ4n) is 3.18. The molecule has 0 aliphatic rings. The molecule has 0 saturated carbocycles. The molecule has 6 heteroatoms. The van der Waals surface area contributed by atoms with Crippen LogP contribution >= 0.6 is 7.60 Å². The van der Waals surface area contributed by atoms with Crippen LogP contribution in [0, 0.1) is 0 Å². The molecule has 1 amide bonds. The number of rotatable bonds is 12. The van der Waals surface area contributed by atoms with Crippen molar-refractivity contribution in [2.45, 2.75) is 46.1 Å². The van der Waals surface area contributed by atoms with Crippen molar-refractivity contribution in [3.8, 4) is 0 Å².